The number of fused-ring (bicyclic) bond motifs is 2. The van der Waals surface area contributed by atoms with E-state index in [9.17, 15) is 8.42 Å². The van der Waals surface area contributed by atoms with Crippen LogP contribution in [0.5, 0.6) is 0 Å². The second-order valence-electron chi connectivity index (χ2n) is 8.00. The van der Waals surface area contributed by atoms with Crippen LogP contribution in [0, 0.1) is 10.8 Å². The zero-order valence-corrected chi connectivity index (χ0v) is 14.0. The van der Waals surface area contributed by atoms with Gasteiger partial charge in [-0.25, -0.2) is 8.42 Å². The van der Waals surface area contributed by atoms with Crippen LogP contribution in [0.1, 0.15) is 45.6 Å². The van der Waals surface area contributed by atoms with Gasteiger partial charge in [-0.2, -0.15) is 4.31 Å². The van der Waals surface area contributed by atoms with Crippen molar-refractivity contribution in [3.05, 3.63) is 35.9 Å². The molecule has 0 N–H and O–H groups in total. The molecule has 1 heterocycles. The van der Waals surface area contributed by atoms with E-state index in [0.29, 0.717) is 6.54 Å². The molecule has 116 valence electrons. The van der Waals surface area contributed by atoms with E-state index in [1.54, 1.807) is 4.31 Å². The Labute approximate surface area is 128 Å². The summed E-state index contributed by atoms with van der Waals surface area (Å²) < 4.78 is 27.4. The molecule has 21 heavy (non-hydrogen) atoms. The second-order valence-corrected chi connectivity index (χ2v) is 9.92. The standard InChI is InChI=1S/C17H25NO2S/c1-16(2)9-15-10-17(3,12-16)13-18(15)21(19,20)11-14-7-5-4-6-8-14/h4-8,15H,9-13H2,1-3H3/t15-,17+/m0/s1. The molecule has 1 aromatic carbocycles. The highest BCUT2D eigenvalue weighted by atomic mass is 32.2. The molecule has 0 amide bonds. The van der Waals surface area contributed by atoms with Gasteiger partial charge in [0.05, 0.1) is 5.75 Å². The molecule has 2 bridgehead atoms. The molecule has 3 rings (SSSR count). The Morgan fingerprint density at radius 2 is 1.81 bits per heavy atom. The average Bonchev–Trinajstić information content (AvgIpc) is 2.60. The van der Waals surface area contributed by atoms with Crippen molar-refractivity contribution in [3.63, 3.8) is 0 Å². The topological polar surface area (TPSA) is 37.4 Å². The maximum atomic E-state index is 12.8. The van der Waals surface area contributed by atoms with E-state index in [4.69, 9.17) is 0 Å². The third-order valence-corrected chi connectivity index (χ3v) is 6.76. The predicted molar refractivity (Wildman–Crippen MR) is 85.3 cm³/mol. The van der Waals surface area contributed by atoms with Crippen LogP contribution < -0.4 is 0 Å². The molecule has 2 atom stereocenters. The fourth-order valence-electron chi connectivity index (χ4n) is 4.60. The minimum atomic E-state index is -3.22. The summed E-state index contributed by atoms with van der Waals surface area (Å²) in [6, 6.07) is 9.70. The van der Waals surface area contributed by atoms with Crippen molar-refractivity contribution < 1.29 is 8.42 Å². The number of benzene rings is 1. The fraction of sp³-hybridized carbons (Fsp3) is 0.647. The summed E-state index contributed by atoms with van der Waals surface area (Å²) in [5.41, 5.74) is 1.27. The van der Waals surface area contributed by atoms with Crippen LogP contribution in [0.25, 0.3) is 0 Å². The van der Waals surface area contributed by atoms with E-state index >= 15 is 0 Å². The quantitative estimate of drug-likeness (QED) is 0.858. The molecule has 1 saturated carbocycles. The summed E-state index contributed by atoms with van der Waals surface area (Å²) >= 11 is 0. The molecule has 2 fully saturated rings. The van der Waals surface area contributed by atoms with Gasteiger partial charge in [0.2, 0.25) is 10.0 Å². The Bertz CT molecular complexity index is 623. The van der Waals surface area contributed by atoms with Gasteiger partial charge in [-0.3, -0.25) is 0 Å². The molecular weight excluding hydrogens is 282 g/mol. The van der Waals surface area contributed by atoms with Gasteiger partial charge in [0.15, 0.2) is 0 Å². The maximum Gasteiger partial charge on any atom is 0.218 e. The number of sulfonamides is 1. The first-order valence-corrected chi connectivity index (χ1v) is 9.34. The van der Waals surface area contributed by atoms with E-state index in [-0.39, 0.29) is 22.6 Å². The first-order valence-electron chi connectivity index (χ1n) is 7.73. The minimum absolute atomic E-state index is 0.126. The van der Waals surface area contributed by atoms with Gasteiger partial charge in [0.1, 0.15) is 0 Å². The second kappa shape index (κ2) is 4.82. The van der Waals surface area contributed by atoms with Gasteiger partial charge in [0, 0.05) is 12.6 Å². The lowest BCUT2D eigenvalue weighted by Crippen LogP contribution is -2.38. The smallest absolute Gasteiger partial charge is 0.212 e. The van der Waals surface area contributed by atoms with Crippen molar-refractivity contribution in [2.75, 3.05) is 6.54 Å². The highest BCUT2D eigenvalue weighted by molar-refractivity contribution is 7.88. The Morgan fingerprint density at radius 3 is 2.48 bits per heavy atom. The molecule has 0 spiro atoms. The summed E-state index contributed by atoms with van der Waals surface area (Å²) in [7, 11) is -3.22. The number of hydrogen-bond donors (Lipinski definition) is 0. The Morgan fingerprint density at radius 1 is 1.14 bits per heavy atom. The van der Waals surface area contributed by atoms with Crippen molar-refractivity contribution in [3.8, 4) is 0 Å². The van der Waals surface area contributed by atoms with Crippen LogP contribution >= 0.6 is 0 Å². The van der Waals surface area contributed by atoms with Crippen LogP contribution in [0.2, 0.25) is 0 Å². The lowest BCUT2D eigenvalue weighted by atomic mass is 9.65. The molecule has 4 heteroatoms. The third kappa shape index (κ3) is 3.02. The highest BCUT2D eigenvalue weighted by Crippen LogP contribution is 2.53. The lowest BCUT2D eigenvalue weighted by molar-refractivity contribution is 0.133. The molecule has 0 unspecified atom stereocenters. The Balaban J connectivity index is 1.84. The largest absolute Gasteiger partial charge is 0.218 e. The number of nitrogens with zero attached hydrogens (tertiary/aromatic N) is 1. The van der Waals surface area contributed by atoms with E-state index in [1.807, 2.05) is 30.3 Å². The summed E-state index contributed by atoms with van der Waals surface area (Å²) in [5, 5.41) is 0. The molecule has 1 saturated heterocycles. The molecule has 2 aliphatic rings. The predicted octanol–water partition coefficient (Wildman–Crippen LogP) is 3.42. The van der Waals surface area contributed by atoms with Crippen molar-refractivity contribution >= 4 is 10.0 Å². The van der Waals surface area contributed by atoms with Gasteiger partial charge in [-0.15, -0.1) is 0 Å². The highest BCUT2D eigenvalue weighted by Gasteiger charge is 2.52. The number of rotatable bonds is 3. The summed E-state index contributed by atoms with van der Waals surface area (Å²) in [5.74, 6) is 0.126. The lowest BCUT2D eigenvalue weighted by Gasteiger charge is -2.39. The van der Waals surface area contributed by atoms with Gasteiger partial charge in [-0.05, 0) is 35.7 Å². The van der Waals surface area contributed by atoms with Crippen LogP contribution in [0.15, 0.2) is 30.3 Å². The minimum Gasteiger partial charge on any atom is -0.212 e. The molecule has 3 nitrogen and oxygen atoms in total. The summed E-state index contributed by atoms with van der Waals surface area (Å²) in [6.07, 6.45) is 3.12. The monoisotopic (exact) mass is 307 g/mol. The fourth-order valence-corrected chi connectivity index (χ4v) is 6.49. The molecule has 0 aromatic heterocycles. The zero-order valence-electron chi connectivity index (χ0n) is 13.2. The van der Waals surface area contributed by atoms with E-state index in [2.05, 4.69) is 20.8 Å². The van der Waals surface area contributed by atoms with Gasteiger partial charge in [0.25, 0.3) is 0 Å². The zero-order chi connectivity index (χ0) is 15.3. The van der Waals surface area contributed by atoms with Crippen molar-refractivity contribution in [1.82, 2.24) is 4.31 Å². The van der Waals surface area contributed by atoms with Crippen molar-refractivity contribution in [2.24, 2.45) is 10.8 Å². The third-order valence-electron chi connectivity index (χ3n) is 4.92. The van der Waals surface area contributed by atoms with E-state index < -0.39 is 10.0 Å². The van der Waals surface area contributed by atoms with E-state index in [0.717, 1.165) is 24.8 Å². The first-order chi connectivity index (χ1) is 9.69. The average molecular weight is 307 g/mol. The Hall–Kier alpha value is -0.870. The first kappa shape index (κ1) is 15.0. The van der Waals surface area contributed by atoms with Crippen LogP contribution in [0.4, 0.5) is 0 Å². The van der Waals surface area contributed by atoms with Gasteiger partial charge in [-0.1, -0.05) is 51.1 Å². The molecule has 1 aliphatic carbocycles. The van der Waals surface area contributed by atoms with E-state index in [1.165, 1.54) is 0 Å². The molecule has 0 radical (unpaired) electrons. The van der Waals surface area contributed by atoms with Crippen LogP contribution in [-0.2, 0) is 15.8 Å². The van der Waals surface area contributed by atoms with Crippen LogP contribution in [-0.4, -0.2) is 25.3 Å². The van der Waals surface area contributed by atoms with Crippen LogP contribution in [0.3, 0.4) is 0 Å². The summed E-state index contributed by atoms with van der Waals surface area (Å²) in [4.78, 5) is 0. The molecule has 1 aliphatic heterocycles. The molecule has 1 aromatic rings. The SMILES string of the molecule is CC1(C)C[C@H]2C[C@@](C)(CN2S(=O)(=O)Cc2ccccc2)C1. The molecular formula is C17H25NO2S. The maximum absolute atomic E-state index is 12.8. The van der Waals surface area contributed by atoms with Crippen molar-refractivity contribution in [1.29, 1.82) is 0 Å². The van der Waals surface area contributed by atoms with Gasteiger partial charge >= 0.3 is 0 Å². The van der Waals surface area contributed by atoms with Gasteiger partial charge < -0.3 is 0 Å². The summed E-state index contributed by atoms with van der Waals surface area (Å²) in [6.45, 7) is 7.48. The van der Waals surface area contributed by atoms with Crippen molar-refractivity contribution in [2.45, 2.75) is 51.8 Å². The normalized spacial score (nSPS) is 32.2. The Kier molecular flexibility index (Phi) is 3.45. The number of hydrogen-bond acceptors (Lipinski definition) is 2.